The fourth-order valence-electron chi connectivity index (χ4n) is 3.01. The van der Waals surface area contributed by atoms with Gasteiger partial charge in [0.2, 0.25) is 5.91 Å². The SMILES string of the molecule is N#Cc1ccccc1C[C@@H](NC(=O)Cc1ccc2ccccc2c1)C(=O)O. The van der Waals surface area contributed by atoms with E-state index in [1.807, 2.05) is 48.5 Å². The van der Waals surface area contributed by atoms with Crippen LogP contribution >= 0.6 is 0 Å². The second-order valence-electron chi connectivity index (χ2n) is 6.29. The second-order valence-corrected chi connectivity index (χ2v) is 6.29. The normalized spacial score (nSPS) is 11.5. The zero-order valence-electron chi connectivity index (χ0n) is 14.6. The van der Waals surface area contributed by atoms with Crippen LogP contribution < -0.4 is 5.32 Å². The van der Waals surface area contributed by atoms with E-state index in [4.69, 9.17) is 5.26 Å². The summed E-state index contributed by atoms with van der Waals surface area (Å²) in [7, 11) is 0. The first kappa shape index (κ1) is 18.2. The van der Waals surface area contributed by atoms with E-state index in [9.17, 15) is 14.7 Å². The highest BCUT2D eigenvalue weighted by Crippen LogP contribution is 2.16. The molecule has 1 atom stereocenters. The van der Waals surface area contributed by atoms with Crippen LogP contribution in [0.25, 0.3) is 10.8 Å². The highest BCUT2D eigenvalue weighted by molar-refractivity contribution is 5.87. The van der Waals surface area contributed by atoms with Gasteiger partial charge in [-0.05, 0) is 28.0 Å². The zero-order valence-corrected chi connectivity index (χ0v) is 14.6. The molecule has 0 saturated carbocycles. The van der Waals surface area contributed by atoms with Crippen molar-refractivity contribution in [2.24, 2.45) is 0 Å². The standard InChI is InChI=1S/C22H18N2O3/c23-14-19-8-4-3-7-18(19)13-20(22(26)27)24-21(25)12-15-9-10-16-5-1-2-6-17(16)11-15/h1-11,20H,12-13H2,(H,24,25)(H,26,27)/t20-/m1/s1. The van der Waals surface area contributed by atoms with Gasteiger partial charge in [-0.1, -0.05) is 60.7 Å². The number of hydrogen-bond donors (Lipinski definition) is 2. The maximum Gasteiger partial charge on any atom is 0.326 e. The van der Waals surface area contributed by atoms with Crippen molar-refractivity contribution in [1.29, 1.82) is 5.26 Å². The predicted octanol–water partition coefficient (Wildman–Crippen LogP) is 3.07. The Balaban J connectivity index is 1.71. The van der Waals surface area contributed by atoms with Crippen LogP contribution in [0.5, 0.6) is 0 Å². The summed E-state index contributed by atoms with van der Waals surface area (Å²) in [5.74, 6) is -1.50. The van der Waals surface area contributed by atoms with Gasteiger partial charge in [0.15, 0.2) is 0 Å². The lowest BCUT2D eigenvalue weighted by atomic mass is 10.0. The van der Waals surface area contributed by atoms with Crippen LogP contribution in [0.15, 0.2) is 66.7 Å². The monoisotopic (exact) mass is 358 g/mol. The van der Waals surface area contributed by atoms with Crippen molar-refractivity contribution in [3.05, 3.63) is 83.4 Å². The molecule has 3 rings (SSSR count). The molecule has 0 saturated heterocycles. The number of fused-ring (bicyclic) bond motifs is 1. The van der Waals surface area contributed by atoms with Crippen molar-refractivity contribution in [1.82, 2.24) is 5.32 Å². The molecule has 2 N–H and O–H groups in total. The van der Waals surface area contributed by atoms with Gasteiger partial charge in [0.25, 0.3) is 0 Å². The van der Waals surface area contributed by atoms with Crippen molar-refractivity contribution in [3.8, 4) is 6.07 Å². The molecule has 0 fully saturated rings. The van der Waals surface area contributed by atoms with Crippen molar-refractivity contribution in [2.75, 3.05) is 0 Å². The Morgan fingerprint density at radius 2 is 1.70 bits per heavy atom. The molecule has 0 aliphatic heterocycles. The van der Waals surface area contributed by atoms with E-state index in [0.29, 0.717) is 11.1 Å². The molecule has 3 aromatic rings. The Labute approximate surface area is 156 Å². The quantitative estimate of drug-likeness (QED) is 0.708. The first-order valence-electron chi connectivity index (χ1n) is 8.54. The average molecular weight is 358 g/mol. The number of nitrogens with one attached hydrogen (secondary N) is 1. The molecule has 0 radical (unpaired) electrons. The van der Waals surface area contributed by atoms with Gasteiger partial charge in [-0.25, -0.2) is 4.79 Å². The number of hydrogen-bond acceptors (Lipinski definition) is 3. The first-order chi connectivity index (χ1) is 13.1. The lowest BCUT2D eigenvalue weighted by molar-refractivity contribution is -0.141. The molecule has 3 aromatic carbocycles. The zero-order chi connectivity index (χ0) is 19.2. The number of aliphatic carboxylic acids is 1. The minimum Gasteiger partial charge on any atom is -0.480 e. The molecule has 5 heteroatoms. The van der Waals surface area contributed by atoms with Gasteiger partial charge in [0, 0.05) is 6.42 Å². The van der Waals surface area contributed by atoms with Crippen molar-refractivity contribution in [2.45, 2.75) is 18.9 Å². The molecule has 0 aliphatic rings. The van der Waals surface area contributed by atoms with E-state index in [1.165, 1.54) is 0 Å². The molecule has 0 bridgehead atoms. The van der Waals surface area contributed by atoms with Gasteiger partial charge >= 0.3 is 5.97 Å². The molecule has 1 amide bonds. The number of nitrogens with zero attached hydrogens (tertiary/aromatic N) is 1. The smallest absolute Gasteiger partial charge is 0.326 e. The van der Waals surface area contributed by atoms with Gasteiger partial charge in [-0.15, -0.1) is 0 Å². The lowest BCUT2D eigenvalue weighted by Gasteiger charge is -2.15. The van der Waals surface area contributed by atoms with E-state index in [2.05, 4.69) is 5.32 Å². The summed E-state index contributed by atoms with van der Waals surface area (Å²) >= 11 is 0. The molecule has 0 heterocycles. The van der Waals surface area contributed by atoms with Gasteiger partial charge < -0.3 is 10.4 Å². The van der Waals surface area contributed by atoms with E-state index < -0.39 is 12.0 Å². The summed E-state index contributed by atoms with van der Waals surface area (Å²) in [4.78, 5) is 23.9. The third-order valence-corrected chi connectivity index (χ3v) is 4.37. The van der Waals surface area contributed by atoms with Crippen LogP contribution in [-0.2, 0) is 22.4 Å². The number of nitriles is 1. The third kappa shape index (κ3) is 4.50. The number of carbonyl (C=O) groups excluding carboxylic acids is 1. The molecular formula is C22H18N2O3. The van der Waals surface area contributed by atoms with Crippen LogP contribution in [0.3, 0.4) is 0 Å². The topological polar surface area (TPSA) is 90.2 Å². The Morgan fingerprint density at radius 3 is 2.44 bits per heavy atom. The molecule has 5 nitrogen and oxygen atoms in total. The summed E-state index contributed by atoms with van der Waals surface area (Å²) in [6, 6.07) is 21.3. The van der Waals surface area contributed by atoms with Gasteiger partial charge in [0.05, 0.1) is 18.1 Å². The van der Waals surface area contributed by atoms with Crippen molar-refractivity contribution >= 4 is 22.6 Å². The maximum absolute atomic E-state index is 12.4. The molecule has 134 valence electrons. The van der Waals surface area contributed by atoms with Crippen molar-refractivity contribution in [3.63, 3.8) is 0 Å². The largest absolute Gasteiger partial charge is 0.480 e. The molecule has 27 heavy (non-hydrogen) atoms. The third-order valence-electron chi connectivity index (χ3n) is 4.37. The summed E-state index contributed by atoms with van der Waals surface area (Å²) in [6.45, 7) is 0. The number of carboxylic acid groups (broad SMARTS) is 1. The number of rotatable bonds is 6. The highest BCUT2D eigenvalue weighted by atomic mass is 16.4. The predicted molar refractivity (Wildman–Crippen MR) is 102 cm³/mol. The minimum absolute atomic E-state index is 0.0581. The van der Waals surface area contributed by atoms with Crippen LogP contribution in [0.2, 0.25) is 0 Å². The fourth-order valence-corrected chi connectivity index (χ4v) is 3.01. The van der Waals surface area contributed by atoms with Crippen molar-refractivity contribution < 1.29 is 14.7 Å². The summed E-state index contributed by atoms with van der Waals surface area (Å²) in [6.07, 6.45) is 0.150. The molecule has 0 aromatic heterocycles. The number of amides is 1. The lowest BCUT2D eigenvalue weighted by Crippen LogP contribution is -2.43. The Bertz CT molecular complexity index is 1040. The average Bonchev–Trinajstić information content (AvgIpc) is 2.67. The Kier molecular flexibility index (Phi) is 5.48. The summed E-state index contributed by atoms with van der Waals surface area (Å²) in [5, 5.41) is 23.3. The van der Waals surface area contributed by atoms with Gasteiger partial charge in [0.1, 0.15) is 6.04 Å². The summed E-state index contributed by atoms with van der Waals surface area (Å²) < 4.78 is 0. The second kappa shape index (κ2) is 8.15. The molecular weight excluding hydrogens is 340 g/mol. The van der Waals surface area contributed by atoms with E-state index in [1.54, 1.807) is 24.3 Å². The number of carboxylic acids is 1. The van der Waals surface area contributed by atoms with E-state index in [-0.39, 0.29) is 18.7 Å². The number of benzene rings is 3. The Morgan fingerprint density at radius 1 is 1.00 bits per heavy atom. The molecule has 0 aliphatic carbocycles. The van der Waals surface area contributed by atoms with Gasteiger partial charge in [-0.2, -0.15) is 5.26 Å². The van der Waals surface area contributed by atoms with E-state index >= 15 is 0 Å². The number of carbonyl (C=O) groups is 2. The van der Waals surface area contributed by atoms with Crippen LogP contribution in [0, 0.1) is 11.3 Å². The first-order valence-corrected chi connectivity index (χ1v) is 8.54. The fraction of sp³-hybridized carbons (Fsp3) is 0.136. The summed E-state index contributed by atoms with van der Waals surface area (Å²) in [5.41, 5.74) is 1.82. The van der Waals surface area contributed by atoms with Crippen LogP contribution in [0.4, 0.5) is 0 Å². The minimum atomic E-state index is -1.13. The van der Waals surface area contributed by atoms with Crippen LogP contribution in [0.1, 0.15) is 16.7 Å². The molecule has 0 unspecified atom stereocenters. The maximum atomic E-state index is 12.4. The van der Waals surface area contributed by atoms with Gasteiger partial charge in [-0.3, -0.25) is 4.79 Å². The van der Waals surface area contributed by atoms with Crippen LogP contribution in [-0.4, -0.2) is 23.0 Å². The molecule has 0 spiro atoms. The Hall–Kier alpha value is -3.65. The highest BCUT2D eigenvalue weighted by Gasteiger charge is 2.21. The van der Waals surface area contributed by atoms with E-state index in [0.717, 1.165) is 16.3 Å².